The standard InChI is InChI=1S/C16H18N6OS/c1-10-12(24-16(18)19-10)7-15-20-14(8-13(17)23)21-22(15)9-11-5-3-2-4-6-11/h2-6H,7-9H2,1H3,(H2,17,23)(H2,18,19). The van der Waals surface area contributed by atoms with E-state index in [0.29, 0.717) is 23.9 Å². The van der Waals surface area contributed by atoms with Crippen molar-refractivity contribution in [3.05, 3.63) is 58.1 Å². The molecular weight excluding hydrogens is 324 g/mol. The SMILES string of the molecule is Cc1nc(N)sc1Cc1nc(CC(N)=O)nn1Cc1ccccc1. The summed E-state index contributed by atoms with van der Waals surface area (Å²) in [7, 11) is 0. The number of thiazole rings is 1. The van der Waals surface area contributed by atoms with Gasteiger partial charge in [-0.3, -0.25) is 4.79 Å². The van der Waals surface area contributed by atoms with Crippen LogP contribution in [-0.4, -0.2) is 25.7 Å². The van der Waals surface area contributed by atoms with Crippen LogP contribution in [0.4, 0.5) is 5.13 Å². The Labute approximate surface area is 143 Å². The largest absolute Gasteiger partial charge is 0.375 e. The molecule has 0 aliphatic heterocycles. The summed E-state index contributed by atoms with van der Waals surface area (Å²) in [5, 5.41) is 4.97. The smallest absolute Gasteiger partial charge is 0.225 e. The number of hydrogen-bond donors (Lipinski definition) is 2. The molecule has 0 aliphatic rings. The first-order valence-electron chi connectivity index (χ1n) is 7.48. The minimum absolute atomic E-state index is 0.0264. The predicted molar refractivity (Wildman–Crippen MR) is 92.5 cm³/mol. The molecule has 2 heterocycles. The first-order chi connectivity index (χ1) is 11.5. The number of aromatic nitrogens is 4. The third-order valence-electron chi connectivity index (χ3n) is 3.53. The van der Waals surface area contributed by atoms with Crippen LogP contribution < -0.4 is 11.5 Å². The molecule has 3 rings (SSSR count). The first kappa shape index (κ1) is 16.1. The van der Waals surface area contributed by atoms with Crippen molar-refractivity contribution in [3.8, 4) is 0 Å². The number of nitrogens with zero attached hydrogens (tertiary/aromatic N) is 4. The molecule has 0 radical (unpaired) electrons. The lowest BCUT2D eigenvalue weighted by molar-refractivity contribution is -0.117. The number of anilines is 1. The van der Waals surface area contributed by atoms with Crippen LogP contribution in [0.2, 0.25) is 0 Å². The summed E-state index contributed by atoms with van der Waals surface area (Å²) in [6, 6.07) is 9.96. The molecule has 1 aromatic carbocycles. The molecule has 0 unspecified atom stereocenters. The average Bonchev–Trinajstić information content (AvgIpc) is 3.03. The minimum atomic E-state index is -0.448. The second-order valence-corrected chi connectivity index (χ2v) is 6.58. The van der Waals surface area contributed by atoms with Gasteiger partial charge in [0, 0.05) is 11.3 Å². The molecule has 24 heavy (non-hydrogen) atoms. The predicted octanol–water partition coefficient (Wildman–Crippen LogP) is 1.29. The molecule has 4 N–H and O–H groups in total. The fourth-order valence-electron chi connectivity index (χ4n) is 2.43. The number of carbonyl (C=O) groups excluding carboxylic acids is 1. The van der Waals surface area contributed by atoms with E-state index < -0.39 is 5.91 Å². The van der Waals surface area contributed by atoms with Gasteiger partial charge in [-0.15, -0.1) is 11.3 Å². The Bertz CT molecular complexity index is 855. The molecule has 0 saturated heterocycles. The van der Waals surface area contributed by atoms with E-state index in [1.807, 2.05) is 41.9 Å². The molecule has 0 spiro atoms. The molecule has 7 nitrogen and oxygen atoms in total. The van der Waals surface area contributed by atoms with Crippen LogP contribution in [0.3, 0.4) is 0 Å². The highest BCUT2D eigenvalue weighted by atomic mass is 32.1. The molecule has 0 bridgehead atoms. The number of rotatable bonds is 6. The van der Waals surface area contributed by atoms with E-state index in [9.17, 15) is 4.79 Å². The van der Waals surface area contributed by atoms with Crippen LogP contribution in [0.5, 0.6) is 0 Å². The summed E-state index contributed by atoms with van der Waals surface area (Å²) >= 11 is 1.44. The number of benzene rings is 1. The van der Waals surface area contributed by atoms with Crippen LogP contribution in [-0.2, 0) is 24.2 Å². The number of hydrogen-bond acceptors (Lipinski definition) is 6. The van der Waals surface area contributed by atoms with Crippen LogP contribution in [0.25, 0.3) is 0 Å². The zero-order valence-electron chi connectivity index (χ0n) is 13.3. The molecule has 124 valence electrons. The highest BCUT2D eigenvalue weighted by Crippen LogP contribution is 2.22. The zero-order chi connectivity index (χ0) is 17.1. The first-order valence-corrected chi connectivity index (χ1v) is 8.29. The molecule has 3 aromatic rings. The quantitative estimate of drug-likeness (QED) is 0.701. The lowest BCUT2D eigenvalue weighted by Crippen LogP contribution is -2.15. The monoisotopic (exact) mass is 342 g/mol. The Morgan fingerprint density at radius 2 is 2.00 bits per heavy atom. The second-order valence-electron chi connectivity index (χ2n) is 5.47. The Balaban J connectivity index is 1.91. The van der Waals surface area contributed by atoms with E-state index in [1.165, 1.54) is 11.3 Å². The van der Waals surface area contributed by atoms with Gasteiger partial charge in [-0.2, -0.15) is 5.10 Å². The zero-order valence-corrected chi connectivity index (χ0v) is 14.1. The highest BCUT2D eigenvalue weighted by molar-refractivity contribution is 7.15. The molecular formula is C16H18N6OS. The number of nitrogen functional groups attached to an aromatic ring is 1. The van der Waals surface area contributed by atoms with Crippen LogP contribution in [0.15, 0.2) is 30.3 Å². The van der Waals surface area contributed by atoms with Crippen molar-refractivity contribution in [2.24, 2.45) is 5.73 Å². The lowest BCUT2D eigenvalue weighted by atomic mass is 10.2. The van der Waals surface area contributed by atoms with Crippen molar-refractivity contribution in [2.75, 3.05) is 5.73 Å². The fraction of sp³-hybridized carbons (Fsp3) is 0.250. The Morgan fingerprint density at radius 3 is 2.62 bits per heavy atom. The van der Waals surface area contributed by atoms with Gasteiger partial charge in [-0.1, -0.05) is 30.3 Å². The molecule has 8 heteroatoms. The summed E-state index contributed by atoms with van der Waals surface area (Å²) < 4.78 is 1.81. The summed E-state index contributed by atoms with van der Waals surface area (Å²) in [5.74, 6) is 0.752. The molecule has 0 atom stereocenters. The van der Waals surface area contributed by atoms with E-state index in [0.717, 1.165) is 22.0 Å². The van der Waals surface area contributed by atoms with Crippen molar-refractivity contribution >= 4 is 22.4 Å². The van der Waals surface area contributed by atoms with Gasteiger partial charge < -0.3 is 11.5 Å². The van der Waals surface area contributed by atoms with E-state index >= 15 is 0 Å². The van der Waals surface area contributed by atoms with Gasteiger partial charge in [0.1, 0.15) is 5.82 Å². The van der Waals surface area contributed by atoms with Gasteiger partial charge in [-0.25, -0.2) is 14.6 Å². The van der Waals surface area contributed by atoms with Crippen molar-refractivity contribution in [3.63, 3.8) is 0 Å². The van der Waals surface area contributed by atoms with E-state index in [4.69, 9.17) is 11.5 Å². The number of aryl methyl sites for hydroxylation is 1. The normalized spacial score (nSPS) is 10.9. The third-order valence-corrected chi connectivity index (χ3v) is 4.51. The van der Waals surface area contributed by atoms with Gasteiger partial charge in [0.15, 0.2) is 11.0 Å². The van der Waals surface area contributed by atoms with Crippen molar-refractivity contribution in [1.29, 1.82) is 0 Å². The van der Waals surface area contributed by atoms with E-state index in [2.05, 4.69) is 15.1 Å². The maximum Gasteiger partial charge on any atom is 0.225 e. The average molecular weight is 342 g/mol. The van der Waals surface area contributed by atoms with Gasteiger partial charge in [0.05, 0.1) is 18.7 Å². The maximum atomic E-state index is 11.2. The second kappa shape index (κ2) is 6.79. The summed E-state index contributed by atoms with van der Waals surface area (Å²) in [6.45, 7) is 2.50. The fourth-order valence-corrected chi connectivity index (χ4v) is 3.26. The van der Waals surface area contributed by atoms with Crippen molar-refractivity contribution in [2.45, 2.75) is 26.3 Å². The summed E-state index contributed by atoms with van der Waals surface area (Å²) in [6.07, 6.45) is 0.595. The van der Waals surface area contributed by atoms with Gasteiger partial charge >= 0.3 is 0 Å². The number of carbonyl (C=O) groups is 1. The molecule has 0 saturated carbocycles. The van der Waals surface area contributed by atoms with Gasteiger partial charge in [0.25, 0.3) is 0 Å². The van der Waals surface area contributed by atoms with E-state index in [1.54, 1.807) is 0 Å². The Morgan fingerprint density at radius 1 is 1.25 bits per heavy atom. The van der Waals surface area contributed by atoms with Gasteiger partial charge in [-0.05, 0) is 12.5 Å². The van der Waals surface area contributed by atoms with Crippen LogP contribution >= 0.6 is 11.3 Å². The summed E-state index contributed by atoms with van der Waals surface area (Å²) in [4.78, 5) is 20.9. The third kappa shape index (κ3) is 3.77. The topological polar surface area (TPSA) is 113 Å². The number of amides is 1. The van der Waals surface area contributed by atoms with Crippen molar-refractivity contribution < 1.29 is 4.79 Å². The van der Waals surface area contributed by atoms with E-state index in [-0.39, 0.29) is 6.42 Å². The van der Waals surface area contributed by atoms with Crippen LogP contribution in [0.1, 0.15) is 27.8 Å². The molecule has 0 aliphatic carbocycles. The molecule has 2 aromatic heterocycles. The van der Waals surface area contributed by atoms with Gasteiger partial charge in [0.2, 0.25) is 5.91 Å². The Hall–Kier alpha value is -2.74. The molecule has 1 amide bonds. The molecule has 0 fully saturated rings. The lowest BCUT2D eigenvalue weighted by Gasteiger charge is -2.05. The van der Waals surface area contributed by atoms with Crippen molar-refractivity contribution in [1.82, 2.24) is 19.7 Å². The number of nitrogens with two attached hydrogens (primary N) is 2. The number of primary amides is 1. The minimum Gasteiger partial charge on any atom is -0.375 e. The maximum absolute atomic E-state index is 11.2. The highest BCUT2D eigenvalue weighted by Gasteiger charge is 2.15. The van der Waals surface area contributed by atoms with Crippen LogP contribution in [0, 0.1) is 6.92 Å². The summed E-state index contributed by atoms with van der Waals surface area (Å²) in [5.41, 5.74) is 13.0. The Kier molecular flexibility index (Phi) is 4.57.